The minimum absolute atomic E-state index is 0.197. The summed E-state index contributed by atoms with van der Waals surface area (Å²) in [6.07, 6.45) is 1.73. The van der Waals surface area contributed by atoms with Crippen molar-refractivity contribution >= 4 is 5.91 Å². The van der Waals surface area contributed by atoms with Crippen LogP contribution in [0.5, 0.6) is 0 Å². The number of hydrogen-bond acceptors (Lipinski definition) is 3. The molecule has 1 N–H and O–H groups in total. The van der Waals surface area contributed by atoms with Crippen LogP contribution >= 0.6 is 0 Å². The van der Waals surface area contributed by atoms with Gasteiger partial charge < -0.3 is 15.0 Å². The Bertz CT molecular complexity index is 206. The van der Waals surface area contributed by atoms with E-state index in [-0.39, 0.29) is 12.0 Å². The third-order valence-electron chi connectivity index (χ3n) is 2.42. The lowest BCUT2D eigenvalue weighted by atomic mass is 10.2. The van der Waals surface area contributed by atoms with Crippen molar-refractivity contribution in [3.8, 4) is 0 Å². The van der Waals surface area contributed by atoms with E-state index < -0.39 is 0 Å². The van der Waals surface area contributed by atoms with E-state index in [2.05, 4.69) is 19.2 Å². The maximum atomic E-state index is 11.7. The minimum atomic E-state index is 0.197. The van der Waals surface area contributed by atoms with Gasteiger partial charge in [0.15, 0.2) is 0 Å². The van der Waals surface area contributed by atoms with Crippen molar-refractivity contribution in [1.82, 2.24) is 10.2 Å². The van der Waals surface area contributed by atoms with E-state index in [0.717, 1.165) is 13.0 Å². The van der Waals surface area contributed by atoms with Crippen LogP contribution in [-0.4, -0.2) is 49.7 Å². The fourth-order valence-electron chi connectivity index (χ4n) is 1.37. The van der Waals surface area contributed by atoms with Crippen LogP contribution in [0.25, 0.3) is 0 Å². The zero-order valence-electron chi connectivity index (χ0n) is 12.0. The molecular weight excluding hydrogens is 216 g/mol. The maximum absolute atomic E-state index is 11.7. The first-order chi connectivity index (χ1) is 7.93. The molecule has 0 aromatic carbocycles. The third kappa shape index (κ3) is 10.3. The Morgan fingerprint density at radius 2 is 1.94 bits per heavy atom. The summed E-state index contributed by atoms with van der Waals surface area (Å²) in [4.78, 5) is 13.5. The quantitative estimate of drug-likeness (QED) is 0.627. The molecule has 0 atom stereocenters. The molecule has 4 heteroatoms. The van der Waals surface area contributed by atoms with E-state index in [9.17, 15) is 4.79 Å². The lowest BCUT2D eigenvalue weighted by molar-refractivity contribution is -0.130. The second-order valence-corrected chi connectivity index (χ2v) is 4.95. The Balaban J connectivity index is 3.53. The zero-order chi connectivity index (χ0) is 13.3. The summed E-state index contributed by atoms with van der Waals surface area (Å²) < 4.78 is 5.41. The first kappa shape index (κ1) is 16.4. The van der Waals surface area contributed by atoms with Crippen LogP contribution in [0, 0.1) is 0 Å². The van der Waals surface area contributed by atoms with Gasteiger partial charge in [0.25, 0.3) is 0 Å². The molecule has 0 saturated heterocycles. The van der Waals surface area contributed by atoms with Crippen LogP contribution in [0.15, 0.2) is 0 Å². The molecule has 0 radical (unpaired) electrons. The van der Waals surface area contributed by atoms with Crippen molar-refractivity contribution in [2.75, 3.05) is 26.7 Å². The van der Waals surface area contributed by atoms with Crippen LogP contribution in [0.2, 0.25) is 0 Å². The van der Waals surface area contributed by atoms with Gasteiger partial charge in [0.1, 0.15) is 0 Å². The molecule has 0 bridgehead atoms. The number of amides is 1. The summed E-state index contributed by atoms with van der Waals surface area (Å²) in [7, 11) is 1.84. The van der Waals surface area contributed by atoms with E-state index in [1.807, 2.05) is 20.9 Å². The highest BCUT2D eigenvalue weighted by Gasteiger charge is 2.08. The first-order valence-corrected chi connectivity index (χ1v) is 6.52. The molecule has 4 nitrogen and oxygen atoms in total. The molecule has 0 aliphatic heterocycles. The largest absolute Gasteiger partial charge is 0.377 e. The molecule has 0 aliphatic carbocycles. The number of nitrogens with one attached hydrogen (secondary N) is 1. The molecule has 102 valence electrons. The van der Waals surface area contributed by atoms with E-state index >= 15 is 0 Å². The minimum Gasteiger partial charge on any atom is -0.377 e. The number of ether oxygens (including phenoxy) is 1. The molecular formula is C13H28N2O2. The van der Waals surface area contributed by atoms with Gasteiger partial charge >= 0.3 is 0 Å². The Labute approximate surface area is 106 Å². The topological polar surface area (TPSA) is 41.6 Å². The fraction of sp³-hybridized carbons (Fsp3) is 0.923. The Morgan fingerprint density at radius 1 is 1.29 bits per heavy atom. The highest BCUT2D eigenvalue weighted by Crippen LogP contribution is 1.96. The molecule has 0 aromatic rings. The van der Waals surface area contributed by atoms with E-state index in [0.29, 0.717) is 25.6 Å². The van der Waals surface area contributed by atoms with Gasteiger partial charge in [-0.1, -0.05) is 13.8 Å². The van der Waals surface area contributed by atoms with Gasteiger partial charge in [-0.2, -0.15) is 0 Å². The summed E-state index contributed by atoms with van der Waals surface area (Å²) in [5.41, 5.74) is 0. The Kier molecular flexibility index (Phi) is 9.09. The van der Waals surface area contributed by atoms with Crippen molar-refractivity contribution < 1.29 is 9.53 Å². The molecule has 0 unspecified atom stereocenters. The highest BCUT2D eigenvalue weighted by molar-refractivity contribution is 5.75. The monoisotopic (exact) mass is 244 g/mol. The summed E-state index contributed by atoms with van der Waals surface area (Å²) in [6, 6.07) is 0.488. The molecule has 0 saturated carbocycles. The van der Waals surface area contributed by atoms with Gasteiger partial charge in [0.2, 0.25) is 5.91 Å². The second kappa shape index (κ2) is 9.42. The van der Waals surface area contributed by atoms with E-state index in [4.69, 9.17) is 4.74 Å². The number of carbonyl (C=O) groups is 1. The molecule has 0 aromatic heterocycles. The van der Waals surface area contributed by atoms with Gasteiger partial charge in [-0.25, -0.2) is 0 Å². The smallest absolute Gasteiger partial charge is 0.222 e. The van der Waals surface area contributed by atoms with Crippen LogP contribution in [0.1, 0.15) is 40.5 Å². The highest BCUT2D eigenvalue weighted by atomic mass is 16.5. The average molecular weight is 244 g/mol. The van der Waals surface area contributed by atoms with Crippen LogP contribution in [0.4, 0.5) is 0 Å². The summed E-state index contributed by atoms with van der Waals surface area (Å²) >= 11 is 0. The number of rotatable bonds is 9. The Hall–Kier alpha value is -0.610. The molecule has 0 heterocycles. The average Bonchev–Trinajstić information content (AvgIpc) is 2.23. The van der Waals surface area contributed by atoms with Crippen molar-refractivity contribution in [2.45, 2.75) is 52.7 Å². The molecule has 0 spiro atoms. The molecule has 0 aliphatic rings. The van der Waals surface area contributed by atoms with E-state index in [1.54, 1.807) is 4.90 Å². The number of carbonyl (C=O) groups excluding carboxylic acids is 1. The van der Waals surface area contributed by atoms with Gasteiger partial charge in [-0.05, 0) is 26.8 Å². The molecule has 17 heavy (non-hydrogen) atoms. The van der Waals surface area contributed by atoms with E-state index in [1.165, 1.54) is 0 Å². The second-order valence-electron chi connectivity index (χ2n) is 4.95. The van der Waals surface area contributed by atoms with Crippen LogP contribution in [-0.2, 0) is 9.53 Å². The van der Waals surface area contributed by atoms with Gasteiger partial charge in [-0.15, -0.1) is 0 Å². The number of likely N-dealkylation sites (N-methyl/N-ethyl adjacent to an activating group) is 1. The first-order valence-electron chi connectivity index (χ1n) is 6.52. The van der Waals surface area contributed by atoms with Crippen molar-refractivity contribution in [2.24, 2.45) is 0 Å². The van der Waals surface area contributed by atoms with Gasteiger partial charge in [-0.3, -0.25) is 4.79 Å². The van der Waals surface area contributed by atoms with Crippen molar-refractivity contribution in [1.29, 1.82) is 0 Å². The molecule has 1 amide bonds. The number of hydrogen-bond donors (Lipinski definition) is 1. The summed E-state index contributed by atoms with van der Waals surface area (Å²) in [6.45, 7) is 10.4. The predicted molar refractivity (Wildman–Crippen MR) is 71.1 cm³/mol. The van der Waals surface area contributed by atoms with Gasteiger partial charge in [0.05, 0.1) is 12.7 Å². The fourth-order valence-corrected chi connectivity index (χ4v) is 1.37. The van der Waals surface area contributed by atoms with Crippen molar-refractivity contribution in [3.05, 3.63) is 0 Å². The SMILES string of the molecule is CC(C)NCCCC(=O)N(C)CCOC(C)C. The standard InChI is InChI=1S/C13H28N2O2/c1-11(2)14-8-6-7-13(16)15(5)9-10-17-12(3)4/h11-12,14H,6-10H2,1-5H3. The molecule has 0 rings (SSSR count). The normalized spacial score (nSPS) is 11.2. The lowest BCUT2D eigenvalue weighted by Crippen LogP contribution is -2.31. The predicted octanol–water partition coefficient (Wildman–Crippen LogP) is 1.65. The third-order valence-corrected chi connectivity index (χ3v) is 2.42. The number of nitrogens with zero attached hydrogens (tertiary/aromatic N) is 1. The molecule has 0 fully saturated rings. The Morgan fingerprint density at radius 3 is 2.47 bits per heavy atom. The summed E-state index contributed by atoms with van der Waals surface area (Å²) in [5.74, 6) is 0.197. The van der Waals surface area contributed by atoms with Gasteiger partial charge in [0, 0.05) is 26.1 Å². The zero-order valence-corrected chi connectivity index (χ0v) is 12.0. The van der Waals surface area contributed by atoms with Crippen molar-refractivity contribution in [3.63, 3.8) is 0 Å². The van der Waals surface area contributed by atoms with Crippen LogP contribution in [0.3, 0.4) is 0 Å². The summed E-state index contributed by atoms with van der Waals surface area (Å²) in [5, 5.41) is 3.30. The van der Waals surface area contributed by atoms with Crippen LogP contribution < -0.4 is 5.32 Å². The maximum Gasteiger partial charge on any atom is 0.222 e. The lowest BCUT2D eigenvalue weighted by Gasteiger charge is -2.18.